The van der Waals surface area contributed by atoms with E-state index in [2.05, 4.69) is 10.4 Å². The van der Waals surface area contributed by atoms with Crippen molar-refractivity contribution in [3.63, 3.8) is 0 Å². The van der Waals surface area contributed by atoms with Gasteiger partial charge in [-0.25, -0.2) is 14.5 Å². The molecule has 1 aromatic carbocycles. The van der Waals surface area contributed by atoms with Crippen molar-refractivity contribution < 1.29 is 9.59 Å². The minimum atomic E-state index is -0.314. The molecular weight excluding hydrogens is 362 g/mol. The second-order valence-electron chi connectivity index (χ2n) is 6.90. The molecule has 142 valence electrons. The molecular formula is C19H23N5O2S. The molecule has 2 aromatic rings. The lowest BCUT2D eigenvalue weighted by Gasteiger charge is -2.21. The van der Waals surface area contributed by atoms with Gasteiger partial charge in [-0.1, -0.05) is 49.2 Å². The quantitative estimate of drug-likeness (QED) is 0.801. The van der Waals surface area contributed by atoms with Gasteiger partial charge in [-0.3, -0.25) is 9.69 Å². The van der Waals surface area contributed by atoms with E-state index in [0.717, 1.165) is 24.4 Å². The van der Waals surface area contributed by atoms with Crippen LogP contribution in [-0.4, -0.2) is 50.4 Å². The van der Waals surface area contributed by atoms with E-state index in [1.165, 1.54) is 35.9 Å². The highest BCUT2D eigenvalue weighted by Crippen LogP contribution is 2.33. The lowest BCUT2D eigenvalue weighted by Crippen LogP contribution is -2.35. The van der Waals surface area contributed by atoms with E-state index < -0.39 is 0 Å². The molecule has 1 aliphatic carbocycles. The number of thioether (sulfide) groups is 1. The summed E-state index contributed by atoms with van der Waals surface area (Å²) in [6.45, 7) is 0.944. The number of aromatic nitrogens is 3. The zero-order valence-corrected chi connectivity index (χ0v) is 16.0. The Balaban J connectivity index is 1.53. The predicted molar refractivity (Wildman–Crippen MR) is 103 cm³/mol. The van der Waals surface area contributed by atoms with Crippen LogP contribution in [0, 0.1) is 0 Å². The topological polar surface area (TPSA) is 80.1 Å². The summed E-state index contributed by atoms with van der Waals surface area (Å²) in [6.07, 6.45) is 5.98. The highest BCUT2D eigenvalue weighted by Gasteiger charge is 2.27. The maximum Gasteiger partial charge on any atom is 0.324 e. The second kappa shape index (κ2) is 8.12. The Morgan fingerprint density at radius 3 is 2.67 bits per heavy atom. The van der Waals surface area contributed by atoms with E-state index >= 15 is 0 Å². The Labute approximate surface area is 162 Å². The van der Waals surface area contributed by atoms with Gasteiger partial charge in [0, 0.05) is 19.0 Å². The van der Waals surface area contributed by atoms with Crippen LogP contribution in [0.25, 0.3) is 5.69 Å². The molecule has 7 nitrogen and oxygen atoms in total. The van der Waals surface area contributed by atoms with E-state index in [9.17, 15) is 9.59 Å². The molecule has 0 spiro atoms. The number of imide groups is 1. The summed E-state index contributed by atoms with van der Waals surface area (Å²) < 4.78 is 1.92. The Kier molecular flexibility index (Phi) is 5.42. The zero-order chi connectivity index (χ0) is 18.6. The average Bonchev–Trinajstić information content (AvgIpc) is 3.34. The number of nitrogens with zero attached hydrogens (tertiary/aromatic N) is 4. The summed E-state index contributed by atoms with van der Waals surface area (Å²) >= 11 is 1.30. The van der Waals surface area contributed by atoms with Crippen LogP contribution in [0.3, 0.4) is 0 Å². The first-order chi connectivity index (χ1) is 13.2. The molecule has 2 heterocycles. The van der Waals surface area contributed by atoms with Crippen LogP contribution >= 0.6 is 11.8 Å². The summed E-state index contributed by atoms with van der Waals surface area (Å²) in [5.74, 6) is 1.34. The molecule has 0 unspecified atom stereocenters. The summed E-state index contributed by atoms with van der Waals surface area (Å²) in [6, 6.07) is 9.69. The molecule has 0 radical (unpaired) electrons. The van der Waals surface area contributed by atoms with Crippen molar-refractivity contribution in [1.82, 2.24) is 25.0 Å². The first-order valence-electron chi connectivity index (χ1n) is 9.46. The van der Waals surface area contributed by atoms with Crippen LogP contribution in [0.15, 0.2) is 35.5 Å². The predicted octanol–water partition coefficient (Wildman–Crippen LogP) is 2.96. The van der Waals surface area contributed by atoms with Gasteiger partial charge in [0.1, 0.15) is 5.82 Å². The highest BCUT2D eigenvalue weighted by molar-refractivity contribution is 7.99. The summed E-state index contributed by atoms with van der Waals surface area (Å²) in [5, 5.41) is 7.91. The van der Waals surface area contributed by atoms with Gasteiger partial charge in [0.25, 0.3) is 0 Å². The Bertz CT molecular complexity index is 817. The molecule has 8 heteroatoms. The fraction of sp³-hybridized carbons (Fsp3) is 0.474. The van der Waals surface area contributed by atoms with Gasteiger partial charge in [0.05, 0.1) is 11.4 Å². The number of urea groups is 1. The first kappa shape index (κ1) is 18.0. The van der Waals surface area contributed by atoms with Crippen LogP contribution in [0.1, 0.15) is 43.8 Å². The average molecular weight is 385 g/mol. The molecule has 1 aromatic heterocycles. The lowest BCUT2D eigenvalue weighted by atomic mass is 9.88. The van der Waals surface area contributed by atoms with Crippen molar-refractivity contribution in [2.75, 3.05) is 18.8 Å². The maximum absolute atomic E-state index is 12.3. The molecule has 1 N–H and O–H groups in total. The molecule has 1 saturated carbocycles. The van der Waals surface area contributed by atoms with Crippen molar-refractivity contribution in [3.05, 3.63) is 36.2 Å². The van der Waals surface area contributed by atoms with Crippen molar-refractivity contribution in [3.8, 4) is 5.69 Å². The van der Waals surface area contributed by atoms with E-state index in [1.54, 1.807) is 0 Å². The minimum Gasteiger partial charge on any atom is -0.336 e. The van der Waals surface area contributed by atoms with Gasteiger partial charge in [0.2, 0.25) is 11.1 Å². The minimum absolute atomic E-state index is 0.163. The largest absolute Gasteiger partial charge is 0.336 e. The summed E-state index contributed by atoms with van der Waals surface area (Å²) in [7, 11) is 0. The maximum atomic E-state index is 12.3. The second-order valence-corrected chi connectivity index (χ2v) is 7.84. The van der Waals surface area contributed by atoms with E-state index in [0.29, 0.717) is 24.2 Å². The SMILES string of the molecule is O=C(CSc1nc(C2CCCCC2)n(-c2ccccc2)n1)N1CCNC1=O. The Morgan fingerprint density at radius 2 is 1.96 bits per heavy atom. The third-order valence-electron chi connectivity index (χ3n) is 5.07. The third-order valence-corrected chi connectivity index (χ3v) is 5.89. The number of para-hydroxylation sites is 1. The number of nitrogens with one attached hydrogen (secondary N) is 1. The van der Waals surface area contributed by atoms with E-state index in [1.807, 2.05) is 35.0 Å². The molecule has 4 rings (SSSR count). The zero-order valence-electron chi connectivity index (χ0n) is 15.1. The van der Waals surface area contributed by atoms with Gasteiger partial charge in [-0.15, -0.1) is 5.10 Å². The Hall–Kier alpha value is -2.35. The van der Waals surface area contributed by atoms with Crippen LogP contribution in [0.5, 0.6) is 0 Å². The molecule has 1 aliphatic heterocycles. The van der Waals surface area contributed by atoms with Gasteiger partial charge in [0.15, 0.2) is 0 Å². The normalized spacial score (nSPS) is 17.9. The van der Waals surface area contributed by atoms with Crippen molar-refractivity contribution in [1.29, 1.82) is 0 Å². The monoisotopic (exact) mass is 385 g/mol. The number of hydrogen-bond donors (Lipinski definition) is 1. The van der Waals surface area contributed by atoms with E-state index in [-0.39, 0.29) is 17.7 Å². The first-order valence-corrected chi connectivity index (χ1v) is 10.4. The summed E-state index contributed by atoms with van der Waals surface area (Å²) in [5.41, 5.74) is 0.989. The third kappa shape index (κ3) is 4.00. The standard InChI is InChI=1S/C19H23N5O2S/c25-16(23-12-11-20-19(23)26)13-27-18-21-17(14-7-3-1-4-8-14)24(22-18)15-9-5-2-6-10-15/h2,5-6,9-10,14H,1,3-4,7-8,11-13H2,(H,20,26). The smallest absolute Gasteiger partial charge is 0.324 e. The number of carbonyl (C=O) groups excluding carboxylic acids is 2. The van der Waals surface area contributed by atoms with Crippen molar-refractivity contribution >= 4 is 23.7 Å². The number of benzene rings is 1. The van der Waals surface area contributed by atoms with Crippen LogP contribution < -0.4 is 5.32 Å². The highest BCUT2D eigenvalue weighted by atomic mass is 32.2. The van der Waals surface area contributed by atoms with Gasteiger partial charge < -0.3 is 5.32 Å². The van der Waals surface area contributed by atoms with Gasteiger partial charge in [-0.05, 0) is 25.0 Å². The van der Waals surface area contributed by atoms with Crippen molar-refractivity contribution in [2.24, 2.45) is 0 Å². The molecule has 0 atom stereocenters. The Morgan fingerprint density at radius 1 is 1.19 bits per heavy atom. The molecule has 0 bridgehead atoms. The number of carbonyl (C=O) groups is 2. The van der Waals surface area contributed by atoms with Gasteiger partial charge in [-0.2, -0.15) is 0 Å². The van der Waals surface area contributed by atoms with Crippen LogP contribution in [0.4, 0.5) is 4.79 Å². The molecule has 1 saturated heterocycles. The fourth-order valence-electron chi connectivity index (χ4n) is 3.66. The van der Waals surface area contributed by atoms with Crippen LogP contribution in [0.2, 0.25) is 0 Å². The van der Waals surface area contributed by atoms with Crippen molar-refractivity contribution in [2.45, 2.75) is 43.2 Å². The number of amides is 3. The van der Waals surface area contributed by atoms with Crippen LogP contribution in [-0.2, 0) is 4.79 Å². The molecule has 3 amide bonds. The summed E-state index contributed by atoms with van der Waals surface area (Å²) in [4.78, 5) is 29.9. The van der Waals surface area contributed by atoms with E-state index in [4.69, 9.17) is 4.98 Å². The fourth-order valence-corrected chi connectivity index (χ4v) is 4.37. The molecule has 2 aliphatic rings. The van der Waals surface area contributed by atoms with Gasteiger partial charge >= 0.3 is 6.03 Å². The molecule has 2 fully saturated rings. The number of hydrogen-bond acceptors (Lipinski definition) is 5. The lowest BCUT2D eigenvalue weighted by molar-refractivity contribution is -0.124. The number of rotatable bonds is 5. The molecule has 27 heavy (non-hydrogen) atoms.